The summed E-state index contributed by atoms with van der Waals surface area (Å²) in [5.74, 6) is 1.85. The molecular weight excluding hydrogens is 354 g/mol. The van der Waals surface area contributed by atoms with Crippen LogP contribution in [0.1, 0.15) is 16.7 Å². The third kappa shape index (κ3) is 3.88. The molecule has 3 rings (SSSR count). The average Bonchev–Trinajstić information content (AvgIpc) is 2.66. The van der Waals surface area contributed by atoms with E-state index in [4.69, 9.17) is 25.8 Å². The largest absolute Gasteiger partial charge is 0.493 e. The fraction of sp³-hybridized carbons (Fsp3) is 0.350. The minimum Gasteiger partial charge on any atom is -0.493 e. The molecule has 0 saturated carbocycles. The Kier molecular flexibility index (Phi) is 5.57. The zero-order valence-corrected chi connectivity index (χ0v) is 15.9. The highest BCUT2D eigenvalue weighted by molar-refractivity contribution is 6.32. The van der Waals surface area contributed by atoms with Crippen LogP contribution >= 0.6 is 11.6 Å². The van der Waals surface area contributed by atoms with Gasteiger partial charge in [0.1, 0.15) is 5.75 Å². The second-order valence-electron chi connectivity index (χ2n) is 6.26. The molecular formula is C20H22ClNO4. The number of hydrogen-bond acceptors (Lipinski definition) is 4. The van der Waals surface area contributed by atoms with Crippen LogP contribution in [-0.4, -0.2) is 38.2 Å². The van der Waals surface area contributed by atoms with Crippen molar-refractivity contribution >= 4 is 17.5 Å². The van der Waals surface area contributed by atoms with Crippen molar-refractivity contribution in [3.8, 4) is 17.2 Å². The molecule has 2 aromatic carbocycles. The molecule has 1 aliphatic heterocycles. The first-order valence-electron chi connectivity index (χ1n) is 8.42. The molecule has 0 unspecified atom stereocenters. The van der Waals surface area contributed by atoms with Crippen LogP contribution in [0.25, 0.3) is 0 Å². The van der Waals surface area contributed by atoms with Crippen molar-refractivity contribution in [3.63, 3.8) is 0 Å². The number of halogens is 1. The summed E-state index contributed by atoms with van der Waals surface area (Å²) in [5, 5.41) is 0.504. The molecule has 26 heavy (non-hydrogen) atoms. The van der Waals surface area contributed by atoms with E-state index in [0.717, 1.165) is 17.5 Å². The summed E-state index contributed by atoms with van der Waals surface area (Å²) < 4.78 is 16.3. The van der Waals surface area contributed by atoms with E-state index in [1.54, 1.807) is 25.2 Å². The van der Waals surface area contributed by atoms with Gasteiger partial charge in [-0.25, -0.2) is 0 Å². The summed E-state index contributed by atoms with van der Waals surface area (Å²) in [4.78, 5) is 14.3. The normalized spacial score (nSPS) is 13.2. The number of benzene rings is 2. The Morgan fingerprint density at radius 2 is 1.77 bits per heavy atom. The number of hydrogen-bond donors (Lipinski definition) is 0. The molecule has 0 saturated heterocycles. The van der Waals surface area contributed by atoms with E-state index in [9.17, 15) is 4.79 Å². The molecule has 1 heterocycles. The molecule has 1 aliphatic rings. The molecule has 2 aromatic rings. The fourth-order valence-corrected chi connectivity index (χ4v) is 3.22. The number of nitrogens with zero attached hydrogens (tertiary/aromatic N) is 1. The monoisotopic (exact) mass is 375 g/mol. The van der Waals surface area contributed by atoms with Crippen LogP contribution in [0, 0.1) is 6.92 Å². The van der Waals surface area contributed by atoms with Gasteiger partial charge in [-0.3, -0.25) is 4.79 Å². The van der Waals surface area contributed by atoms with Crippen LogP contribution in [0.4, 0.5) is 0 Å². The summed E-state index contributed by atoms with van der Waals surface area (Å²) in [7, 11) is 3.23. The standard InChI is InChI=1S/C20H22ClNO4/c1-13-4-5-16(21)17(8-13)26-12-20(23)22-7-6-14-9-18(24-2)19(25-3)10-15(14)11-22/h4-5,8-10H,6-7,11-12H2,1-3H3. The van der Waals surface area contributed by atoms with Crippen LogP contribution in [0.3, 0.4) is 0 Å². The smallest absolute Gasteiger partial charge is 0.260 e. The lowest BCUT2D eigenvalue weighted by Gasteiger charge is -2.29. The number of aryl methyl sites for hydroxylation is 1. The zero-order valence-electron chi connectivity index (χ0n) is 15.2. The number of carbonyl (C=O) groups excluding carboxylic acids is 1. The predicted octanol–water partition coefficient (Wildman–Crippen LogP) is 3.63. The van der Waals surface area contributed by atoms with Gasteiger partial charge in [0.2, 0.25) is 0 Å². The van der Waals surface area contributed by atoms with Crippen molar-refractivity contribution < 1.29 is 19.0 Å². The van der Waals surface area contributed by atoms with Gasteiger partial charge in [-0.1, -0.05) is 17.7 Å². The van der Waals surface area contributed by atoms with Crippen LogP contribution in [0.5, 0.6) is 17.2 Å². The number of amides is 1. The number of carbonyl (C=O) groups is 1. The molecule has 1 amide bonds. The first-order valence-corrected chi connectivity index (χ1v) is 8.80. The van der Waals surface area contributed by atoms with Crippen molar-refractivity contribution in [1.82, 2.24) is 4.90 Å². The Balaban J connectivity index is 1.68. The topological polar surface area (TPSA) is 48.0 Å². The average molecular weight is 376 g/mol. The maximum absolute atomic E-state index is 12.6. The third-order valence-corrected chi connectivity index (χ3v) is 4.82. The van der Waals surface area contributed by atoms with Gasteiger partial charge in [-0.2, -0.15) is 0 Å². The fourth-order valence-electron chi connectivity index (χ4n) is 3.05. The van der Waals surface area contributed by atoms with E-state index in [2.05, 4.69) is 0 Å². The first kappa shape index (κ1) is 18.4. The summed E-state index contributed by atoms with van der Waals surface area (Å²) in [6.45, 7) is 3.09. The minimum absolute atomic E-state index is 0.0359. The van der Waals surface area contributed by atoms with Crippen LogP contribution in [0.15, 0.2) is 30.3 Å². The molecule has 0 spiro atoms. The van der Waals surface area contributed by atoms with Crippen molar-refractivity contribution in [1.29, 1.82) is 0 Å². The van der Waals surface area contributed by atoms with Gasteiger partial charge >= 0.3 is 0 Å². The van der Waals surface area contributed by atoms with Crippen molar-refractivity contribution in [2.45, 2.75) is 19.9 Å². The maximum Gasteiger partial charge on any atom is 0.260 e. The Bertz CT molecular complexity index is 822. The van der Waals surface area contributed by atoms with E-state index in [0.29, 0.717) is 35.4 Å². The van der Waals surface area contributed by atoms with Gasteiger partial charge in [0, 0.05) is 13.1 Å². The second-order valence-corrected chi connectivity index (χ2v) is 6.67. The number of methoxy groups -OCH3 is 2. The zero-order chi connectivity index (χ0) is 18.7. The van der Waals surface area contributed by atoms with Crippen LogP contribution < -0.4 is 14.2 Å². The molecule has 0 fully saturated rings. The molecule has 0 bridgehead atoms. The molecule has 0 aliphatic carbocycles. The lowest BCUT2D eigenvalue weighted by Crippen LogP contribution is -2.38. The SMILES string of the molecule is COc1cc2c(cc1OC)CN(C(=O)COc1cc(C)ccc1Cl)CC2. The molecule has 0 atom stereocenters. The van der Waals surface area contributed by atoms with Gasteiger partial charge in [-0.15, -0.1) is 0 Å². The Hall–Kier alpha value is -2.40. The highest BCUT2D eigenvalue weighted by Gasteiger charge is 2.23. The quantitative estimate of drug-likeness (QED) is 0.800. The Morgan fingerprint density at radius 3 is 2.46 bits per heavy atom. The van der Waals surface area contributed by atoms with Crippen molar-refractivity contribution in [2.75, 3.05) is 27.4 Å². The highest BCUT2D eigenvalue weighted by atomic mass is 35.5. The minimum atomic E-state index is -0.0667. The molecule has 0 radical (unpaired) electrons. The first-order chi connectivity index (χ1) is 12.5. The predicted molar refractivity (Wildman–Crippen MR) is 100 cm³/mol. The second kappa shape index (κ2) is 7.87. The van der Waals surface area contributed by atoms with E-state index >= 15 is 0 Å². The van der Waals surface area contributed by atoms with E-state index in [1.165, 1.54) is 5.56 Å². The molecule has 5 nitrogen and oxygen atoms in total. The molecule has 0 N–H and O–H groups in total. The van der Waals surface area contributed by atoms with Gasteiger partial charge in [-0.05, 0) is 54.3 Å². The number of fused-ring (bicyclic) bond motifs is 1. The van der Waals surface area contributed by atoms with E-state index in [-0.39, 0.29) is 12.5 Å². The number of ether oxygens (including phenoxy) is 3. The van der Waals surface area contributed by atoms with Gasteiger partial charge in [0.15, 0.2) is 18.1 Å². The summed E-state index contributed by atoms with van der Waals surface area (Å²) in [6.07, 6.45) is 0.770. The summed E-state index contributed by atoms with van der Waals surface area (Å²) in [5.41, 5.74) is 3.27. The van der Waals surface area contributed by atoms with Gasteiger partial charge < -0.3 is 19.1 Å². The van der Waals surface area contributed by atoms with E-state index in [1.807, 2.05) is 31.2 Å². The van der Waals surface area contributed by atoms with Crippen molar-refractivity contribution in [2.24, 2.45) is 0 Å². The van der Waals surface area contributed by atoms with Gasteiger partial charge in [0.25, 0.3) is 5.91 Å². The van der Waals surface area contributed by atoms with Crippen LogP contribution in [-0.2, 0) is 17.8 Å². The maximum atomic E-state index is 12.6. The molecule has 0 aromatic heterocycles. The van der Waals surface area contributed by atoms with Crippen LogP contribution in [0.2, 0.25) is 5.02 Å². The third-order valence-electron chi connectivity index (χ3n) is 4.51. The number of rotatable bonds is 5. The van der Waals surface area contributed by atoms with Gasteiger partial charge in [0.05, 0.1) is 19.2 Å². The lowest BCUT2D eigenvalue weighted by atomic mass is 9.99. The highest BCUT2D eigenvalue weighted by Crippen LogP contribution is 2.33. The summed E-state index contributed by atoms with van der Waals surface area (Å²) >= 11 is 6.12. The van der Waals surface area contributed by atoms with E-state index < -0.39 is 0 Å². The molecule has 138 valence electrons. The Labute approximate surface area is 158 Å². The Morgan fingerprint density at radius 1 is 1.08 bits per heavy atom. The summed E-state index contributed by atoms with van der Waals surface area (Å²) in [6, 6.07) is 9.43. The molecule has 6 heteroatoms. The lowest BCUT2D eigenvalue weighted by molar-refractivity contribution is -0.134. The van der Waals surface area contributed by atoms with Crippen molar-refractivity contribution in [3.05, 3.63) is 52.0 Å².